The molecule has 1 aliphatic heterocycles. The minimum Gasteiger partial charge on any atom is -0.497 e. The van der Waals surface area contributed by atoms with Crippen LogP contribution < -0.4 is 20.3 Å². The van der Waals surface area contributed by atoms with E-state index in [0.29, 0.717) is 25.5 Å². The molecule has 1 aliphatic rings. The van der Waals surface area contributed by atoms with Crippen molar-refractivity contribution in [1.29, 1.82) is 0 Å². The second kappa shape index (κ2) is 9.07. The van der Waals surface area contributed by atoms with E-state index in [9.17, 15) is 4.79 Å². The lowest BCUT2D eigenvalue weighted by atomic mass is 10.2. The summed E-state index contributed by atoms with van der Waals surface area (Å²) in [5, 5.41) is 6.65. The van der Waals surface area contributed by atoms with Crippen molar-refractivity contribution in [2.75, 3.05) is 25.1 Å². The van der Waals surface area contributed by atoms with Crippen LogP contribution in [0.1, 0.15) is 18.9 Å². The highest BCUT2D eigenvalue weighted by Crippen LogP contribution is 2.21. The molecule has 0 aromatic heterocycles. The van der Waals surface area contributed by atoms with E-state index in [0.717, 1.165) is 23.5 Å². The third-order valence-corrected chi connectivity index (χ3v) is 4.43. The smallest absolute Gasteiger partial charge is 0.229 e. The lowest BCUT2D eigenvalue weighted by Crippen LogP contribution is -2.44. The fourth-order valence-electron chi connectivity index (χ4n) is 3.12. The number of rotatable bonds is 6. The normalized spacial score (nSPS) is 17.1. The Kier molecular flexibility index (Phi) is 6.30. The molecule has 1 amide bonds. The summed E-state index contributed by atoms with van der Waals surface area (Å²) < 4.78 is 5.26. The Morgan fingerprint density at radius 3 is 2.78 bits per heavy atom. The molecule has 6 nitrogen and oxygen atoms in total. The molecule has 1 saturated heterocycles. The van der Waals surface area contributed by atoms with Crippen molar-refractivity contribution >= 4 is 17.6 Å². The van der Waals surface area contributed by atoms with E-state index in [2.05, 4.69) is 15.6 Å². The van der Waals surface area contributed by atoms with Gasteiger partial charge in [-0.3, -0.25) is 4.79 Å². The number of carbonyl (C=O) groups is 1. The maximum atomic E-state index is 12.4. The first-order valence-electron chi connectivity index (χ1n) is 9.22. The number of aliphatic imine (C=N–C) groups is 1. The molecule has 1 fully saturated rings. The maximum absolute atomic E-state index is 12.4. The molecule has 1 atom stereocenters. The minimum atomic E-state index is 0.0285. The van der Waals surface area contributed by atoms with Gasteiger partial charge >= 0.3 is 0 Å². The third-order valence-electron chi connectivity index (χ3n) is 4.43. The SMILES string of the molecule is CCNC(=NCc1cccc(OC)c1)NC1CC(=O)N(c2ccccc2)C1. The summed E-state index contributed by atoms with van der Waals surface area (Å²) in [5.41, 5.74) is 2.00. The quantitative estimate of drug-likeness (QED) is 0.609. The second-order valence-electron chi connectivity index (χ2n) is 6.43. The molecule has 2 N–H and O–H groups in total. The number of amides is 1. The fourth-order valence-corrected chi connectivity index (χ4v) is 3.12. The summed E-state index contributed by atoms with van der Waals surface area (Å²) >= 11 is 0. The van der Waals surface area contributed by atoms with Crippen molar-refractivity contribution in [3.05, 3.63) is 60.2 Å². The van der Waals surface area contributed by atoms with Crippen molar-refractivity contribution in [1.82, 2.24) is 10.6 Å². The van der Waals surface area contributed by atoms with Gasteiger partial charge in [0.05, 0.1) is 19.7 Å². The Bertz CT molecular complexity index is 792. The molecule has 2 aromatic carbocycles. The summed E-state index contributed by atoms with van der Waals surface area (Å²) in [4.78, 5) is 18.9. The van der Waals surface area contributed by atoms with Gasteiger partial charge in [-0.1, -0.05) is 30.3 Å². The minimum absolute atomic E-state index is 0.0285. The van der Waals surface area contributed by atoms with E-state index >= 15 is 0 Å². The predicted octanol–water partition coefficient (Wildman–Crippen LogP) is 2.56. The lowest BCUT2D eigenvalue weighted by Gasteiger charge is -2.19. The van der Waals surface area contributed by atoms with Gasteiger partial charge in [-0.15, -0.1) is 0 Å². The average Bonchev–Trinajstić information content (AvgIpc) is 3.07. The first-order chi connectivity index (χ1) is 13.2. The molecule has 1 unspecified atom stereocenters. The van der Waals surface area contributed by atoms with Crippen LogP contribution in [0.2, 0.25) is 0 Å². The number of para-hydroxylation sites is 1. The number of carbonyl (C=O) groups excluding carboxylic acids is 1. The Balaban J connectivity index is 1.64. The van der Waals surface area contributed by atoms with Crippen LogP contribution in [0.4, 0.5) is 5.69 Å². The highest BCUT2D eigenvalue weighted by atomic mass is 16.5. The van der Waals surface area contributed by atoms with Gasteiger partial charge in [0, 0.05) is 25.2 Å². The van der Waals surface area contributed by atoms with Gasteiger partial charge in [-0.05, 0) is 36.8 Å². The molecule has 27 heavy (non-hydrogen) atoms. The molecule has 0 aliphatic carbocycles. The van der Waals surface area contributed by atoms with Gasteiger partial charge in [-0.25, -0.2) is 4.99 Å². The maximum Gasteiger partial charge on any atom is 0.229 e. The molecule has 2 aromatic rings. The third kappa shape index (κ3) is 5.00. The molecular formula is C21H26N4O2. The van der Waals surface area contributed by atoms with Crippen LogP contribution in [0.3, 0.4) is 0 Å². The standard InChI is InChI=1S/C21H26N4O2/c1-3-22-21(23-14-16-8-7-11-19(12-16)27-2)24-17-13-20(26)25(15-17)18-9-5-4-6-10-18/h4-12,17H,3,13-15H2,1-2H3,(H2,22,23,24). The zero-order valence-corrected chi connectivity index (χ0v) is 15.8. The van der Waals surface area contributed by atoms with Crippen LogP contribution in [0.5, 0.6) is 5.75 Å². The van der Waals surface area contributed by atoms with Gasteiger partial charge in [0.25, 0.3) is 0 Å². The monoisotopic (exact) mass is 366 g/mol. The molecule has 0 spiro atoms. The van der Waals surface area contributed by atoms with Crippen LogP contribution >= 0.6 is 0 Å². The van der Waals surface area contributed by atoms with E-state index in [1.807, 2.05) is 66.4 Å². The molecule has 3 rings (SSSR count). The van der Waals surface area contributed by atoms with Crippen LogP contribution in [0.15, 0.2) is 59.6 Å². The molecule has 0 radical (unpaired) electrons. The van der Waals surface area contributed by atoms with Crippen molar-refractivity contribution < 1.29 is 9.53 Å². The summed E-state index contributed by atoms with van der Waals surface area (Å²) in [5.74, 6) is 1.66. The number of nitrogens with one attached hydrogen (secondary N) is 2. The van der Waals surface area contributed by atoms with Crippen LogP contribution in [-0.4, -0.2) is 38.1 Å². The Hall–Kier alpha value is -3.02. The summed E-state index contributed by atoms with van der Waals surface area (Å²) in [6, 6.07) is 17.7. The van der Waals surface area contributed by atoms with Crippen molar-refractivity contribution in [2.45, 2.75) is 25.9 Å². The fraction of sp³-hybridized carbons (Fsp3) is 0.333. The molecule has 142 valence electrons. The van der Waals surface area contributed by atoms with Crippen LogP contribution in [0.25, 0.3) is 0 Å². The van der Waals surface area contributed by atoms with Crippen molar-refractivity contribution in [2.24, 2.45) is 4.99 Å². The van der Waals surface area contributed by atoms with E-state index in [4.69, 9.17) is 4.74 Å². The molecule has 0 saturated carbocycles. The van der Waals surface area contributed by atoms with E-state index < -0.39 is 0 Å². The Morgan fingerprint density at radius 2 is 2.04 bits per heavy atom. The molecule has 0 bridgehead atoms. The largest absolute Gasteiger partial charge is 0.497 e. The molecule has 6 heteroatoms. The zero-order valence-electron chi connectivity index (χ0n) is 15.8. The van der Waals surface area contributed by atoms with Crippen LogP contribution in [-0.2, 0) is 11.3 Å². The molecule has 1 heterocycles. The van der Waals surface area contributed by atoms with Gasteiger partial charge in [0.2, 0.25) is 5.91 Å². The number of hydrogen-bond donors (Lipinski definition) is 2. The first kappa shape index (κ1) is 18.8. The number of nitrogens with zero attached hydrogens (tertiary/aromatic N) is 2. The highest BCUT2D eigenvalue weighted by Gasteiger charge is 2.31. The van der Waals surface area contributed by atoms with Gasteiger partial charge < -0.3 is 20.3 Å². The molecular weight excluding hydrogens is 340 g/mol. The van der Waals surface area contributed by atoms with Gasteiger partial charge in [-0.2, -0.15) is 0 Å². The number of methoxy groups -OCH3 is 1. The van der Waals surface area contributed by atoms with Crippen LogP contribution in [0, 0.1) is 0 Å². The van der Waals surface area contributed by atoms with Crippen molar-refractivity contribution in [3.63, 3.8) is 0 Å². The van der Waals surface area contributed by atoms with E-state index in [1.165, 1.54) is 0 Å². The predicted molar refractivity (Wildman–Crippen MR) is 108 cm³/mol. The Morgan fingerprint density at radius 1 is 1.22 bits per heavy atom. The first-order valence-corrected chi connectivity index (χ1v) is 9.22. The summed E-state index contributed by atoms with van der Waals surface area (Å²) in [7, 11) is 1.66. The zero-order chi connectivity index (χ0) is 19.1. The number of ether oxygens (including phenoxy) is 1. The topological polar surface area (TPSA) is 66.0 Å². The summed E-state index contributed by atoms with van der Waals surface area (Å²) in [6.07, 6.45) is 0.457. The lowest BCUT2D eigenvalue weighted by molar-refractivity contribution is -0.117. The van der Waals surface area contributed by atoms with E-state index in [-0.39, 0.29) is 11.9 Å². The second-order valence-corrected chi connectivity index (χ2v) is 6.43. The summed E-state index contributed by atoms with van der Waals surface area (Å²) in [6.45, 7) is 3.95. The number of anilines is 1. The van der Waals surface area contributed by atoms with Gasteiger partial charge in [0.15, 0.2) is 5.96 Å². The Labute approximate surface area is 160 Å². The van der Waals surface area contributed by atoms with Gasteiger partial charge in [0.1, 0.15) is 5.75 Å². The average molecular weight is 366 g/mol. The number of hydrogen-bond acceptors (Lipinski definition) is 3. The van der Waals surface area contributed by atoms with Crippen molar-refractivity contribution in [3.8, 4) is 5.75 Å². The number of guanidine groups is 1. The number of benzene rings is 2. The van der Waals surface area contributed by atoms with E-state index in [1.54, 1.807) is 7.11 Å². The highest BCUT2D eigenvalue weighted by molar-refractivity contribution is 5.97.